The zero-order valence-electron chi connectivity index (χ0n) is 20.2. The van der Waals surface area contributed by atoms with Gasteiger partial charge in [-0.15, -0.1) is 12.6 Å². The van der Waals surface area contributed by atoms with E-state index in [1.807, 2.05) is 18.2 Å². The van der Waals surface area contributed by atoms with Crippen LogP contribution in [0.1, 0.15) is 95.1 Å². The molecule has 3 unspecified atom stereocenters. The highest BCUT2D eigenvalue weighted by Gasteiger charge is 2.51. The summed E-state index contributed by atoms with van der Waals surface area (Å²) >= 11 is 4.05. The maximum Gasteiger partial charge on any atom is 0.548 e. The Labute approximate surface area is 203 Å². The lowest BCUT2D eigenvalue weighted by atomic mass is 9.82. The van der Waals surface area contributed by atoms with Gasteiger partial charge >= 0.3 is 6.09 Å². The SMILES string of the molecule is CCCCCCCCCCCCc1ccccc1C(C1=NN=N[N+]1(C)C(=O)O)C(C)C(=O)S. The summed E-state index contributed by atoms with van der Waals surface area (Å²) in [5.74, 6) is -0.903. The maximum atomic E-state index is 12.2. The highest BCUT2D eigenvalue weighted by molar-refractivity contribution is 7.96. The van der Waals surface area contributed by atoms with Crippen LogP contribution in [-0.4, -0.2) is 33.8 Å². The van der Waals surface area contributed by atoms with Gasteiger partial charge in [0.25, 0.3) is 5.84 Å². The van der Waals surface area contributed by atoms with Gasteiger partial charge in [0.1, 0.15) is 7.05 Å². The Morgan fingerprint density at radius 2 is 1.58 bits per heavy atom. The van der Waals surface area contributed by atoms with Crippen molar-refractivity contribution in [3.63, 3.8) is 0 Å². The number of benzene rings is 1. The normalized spacial score (nSPS) is 19.3. The number of nitrogens with zero attached hydrogens (tertiary/aromatic N) is 4. The van der Waals surface area contributed by atoms with Crippen molar-refractivity contribution in [2.24, 2.45) is 21.5 Å². The summed E-state index contributed by atoms with van der Waals surface area (Å²) in [6.45, 7) is 4.00. The number of hydrogen-bond acceptors (Lipinski definition) is 5. The Hall–Kier alpha value is -2.06. The fourth-order valence-electron chi connectivity index (χ4n) is 4.39. The summed E-state index contributed by atoms with van der Waals surface area (Å²) in [6.07, 6.45) is 12.4. The second kappa shape index (κ2) is 13.6. The zero-order valence-corrected chi connectivity index (χ0v) is 21.1. The smallest absolute Gasteiger partial charge is 0.433 e. The van der Waals surface area contributed by atoms with E-state index >= 15 is 0 Å². The molecule has 0 radical (unpaired) electrons. The fourth-order valence-corrected chi connectivity index (χ4v) is 4.54. The predicted molar refractivity (Wildman–Crippen MR) is 134 cm³/mol. The van der Waals surface area contributed by atoms with Gasteiger partial charge in [-0.1, -0.05) is 101 Å². The quantitative estimate of drug-likeness (QED) is 0.160. The number of carbonyl (C=O) groups is 2. The third-order valence-corrected chi connectivity index (χ3v) is 6.95. The van der Waals surface area contributed by atoms with Gasteiger partial charge in [0.15, 0.2) is 5.12 Å². The summed E-state index contributed by atoms with van der Waals surface area (Å²) < 4.78 is -0.803. The lowest BCUT2D eigenvalue weighted by Gasteiger charge is -2.27. The molecule has 3 atom stereocenters. The molecule has 1 aromatic rings. The first-order valence-corrected chi connectivity index (χ1v) is 12.7. The lowest BCUT2D eigenvalue weighted by Crippen LogP contribution is -2.50. The van der Waals surface area contributed by atoms with Gasteiger partial charge in [0.2, 0.25) is 0 Å². The summed E-state index contributed by atoms with van der Waals surface area (Å²) in [5.41, 5.74) is 2.01. The minimum atomic E-state index is -1.19. The van der Waals surface area contributed by atoms with Crippen molar-refractivity contribution in [2.45, 2.75) is 90.4 Å². The van der Waals surface area contributed by atoms with Crippen LogP contribution < -0.4 is 0 Å². The van der Waals surface area contributed by atoms with E-state index in [1.165, 1.54) is 58.4 Å². The average molecular weight is 476 g/mol. The molecule has 1 N–H and O–H groups in total. The van der Waals surface area contributed by atoms with Gasteiger partial charge in [0.05, 0.1) is 11.1 Å². The van der Waals surface area contributed by atoms with Gasteiger partial charge in [-0.3, -0.25) is 4.79 Å². The Morgan fingerprint density at radius 3 is 2.15 bits per heavy atom. The van der Waals surface area contributed by atoms with Crippen LogP contribution in [0.5, 0.6) is 0 Å². The maximum absolute atomic E-state index is 12.2. The third-order valence-electron chi connectivity index (χ3n) is 6.54. The average Bonchev–Trinajstić information content (AvgIpc) is 3.18. The van der Waals surface area contributed by atoms with Crippen LogP contribution in [0.25, 0.3) is 0 Å². The van der Waals surface area contributed by atoms with E-state index in [0.717, 1.165) is 30.4 Å². The summed E-state index contributed by atoms with van der Waals surface area (Å²) in [4.78, 5) is 24.2. The molecular weight excluding hydrogens is 436 g/mol. The molecule has 1 aliphatic rings. The van der Waals surface area contributed by atoms with Crippen LogP contribution in [0.15, 0.2) is 39.8 Å². The molecule has 0 bridgehead atoms. The molecule has 33 heavy (non-hydrogen) atoms. The third kappa shape index (κ3) is 7.47. The monoisotopic (exact) mass is 475 g/mol. The number of carboxylic acid groups (broad SMARTS) is 1. The van der Waals surface area contributed by atoms with E-state index in [-0.39, 0.29) is 11.0 Å². The standard InChI is InChI=1S/C25H38N4O3S/c1-4-5-6-7-8-9-10-11-12-13-16-20-17-14-15-18-21(20)22(19(2)24(30)33)23-26-27-28-29(23,3)25(31)32/h14-15,17-19,22H,4-13,16H2,1-3H3,(H-,30,31,32,33)/p+1. The molecule has 1 aliphatic heterocycles. The molecule has 182 valence electrons. The van der Waals surface area contributed by atoms with Crippen molar-refractivity contribution in [3.05, 3.63) is 35.4 Å². The topological polar surface area (TPSA) is 91.4 Å². The first-order valence-electron chi connectivity index (χ1n) is 12.2. The first-order chi connectivity index (χ1) is 15.8. The van der Waals surface area contributed by atoms with Crippen LogP contribution in [0.2, 0.25) is 0 Å². The number of carbonyl (C=O) groups excluding carboxylic acids is 1. The van der Waals surface area contributed by atoms with Crippen molar-refractivity contribution >= 4 is 29.7 Å². The second-order valence-corrected chi connectivity index (χ2v) is 9.55. The van der Waals surface area contributed by atoms with E-state index in [9.17, 15) is 14.7 Å². The van der Waals surface area contributed by atoms with Gasteiger partial charge in [-0.2, -0.15) is 4.79 Å². The van der Waals surface area contributed by atoms with Crippen LogP contribution in [0.3, 0.4) is 0 Å². The first kappa shape index (κ1) is 27.2. The van der Waals surface area contributed by atoms with Gasteiger partial charge in [-0.05, 0) is 28.6 Å². The number of aryl methyl sites for hydroxylation is 1. The lowest BCUT2D eigenvalue weighted by molar-refractivity contribution is -0.754. The fraction of sp³-hybridized carbons (Fsp3) is 0.640. The minimum absolute atomic E-state index is 0.230. The molecule has 0 saturated heterocycles. The molecule has 0 aromatic heterocycles. The Morgan fingerprint density at radius 1 is 1.00 bits per heavy atom. The van der Waals surface area contributed by atoms with Crippen LogP contribution in [0, 0.1) is 5.92 Å². The van der Waals surface area contributed by atoms with Crippen LogP contribution in [0.4, 0.5) is 4.79 Å². The molecular formula is C25H39N4O3S+. The number of quaternary nitrogens is 1. The largest absolute Gasteiger partial charge is 0.548 e. The molecule has 1 amide bonds. The van der Waals surface area contributed by atoms with Crippen molar-refractivity contribution in [1.82, 2.24) is 0 Å². The Kier molecular flexibility index (Phi) is 11.2. The highest BCUT2D eigenvalue weighted by Crippen LogP contribution is 2.36. The molecule has 8 heteroatoms. The van der Waals surface area contributed by atoms with Crippen molar-refractivity contribution in [1.29, 1.82) is 0 Å². The molecule has 1 aromatic carbocycles. The number of thiol groups is 1. The number of amidine groups is 1. The molecule has 0 aliphatic carbocycles. The molecule has 2 rings (SSSR count). The Balaban J connectivity index is 2.04. The highest BCUT2D eigenvalue weighted by atomic mass is 32.1. The van der Waals surface area contributed by atoms with E-state index in [0.29, 0.717) is 0 Å². The van der Waals surface area contributed by atoms with E-state index < -0.39 is 22.5 Å². The van der Waals surface area contributed by atoms with Crippen LogP contribution >= 0.6 is 12.6 Å². The number of likely N-dealkylation sites (N-methyl/N-ethyl adjacent to an activating group) is 1. The molecule has 0 saturated carbocycles. The molecule has 1 heterocycles. The van der Waals surface area contributed by atoms with E-state index in [1.54, 1.807) is 6.92 Å². The predicted octanol–water partition coefficient (Wildman–Crippen LogP) is 7.15. The Bertz CT molecular complexity index is 858. The van der Waals surface area contributed by atoms with E-state index in [4.69, 9.17) is 0 Å². The van der Waals surface area contributed by atoms with Gasteiger partial charge in [0, 0.05) is 11.1 Å². The summed E-state index contributed by atoms with van der Waals surface area (Å²) in [6, 6.07) is 7.90. The van der Waals surface area contributed by atoms with Gasteiger partial charge < -0.3 is 5.11 Å². The summed E-state index contributed by atoms with van der Waals surface area (Å²) in [7, 11) is 1.42. The number of rotatable bonds is 15. The second-order valence-electron chi connectivity index (χ2n) is 9.11. The van der Waals surface area contributed by atoms with E-state index in [2.05, 4.69) is 41.2 Å². The number of hydrogen-bond donors (Lipinski definition) is 2. The van der Waals surface area contributed by atoms with Crippen LogP contribution in [-0.2, 0) is 11.2 Å². The van der Waals surface area contributed by atoms with Crippen molar-refractivity contribution in [2.75, 3.05) is 7.05 Å². The molecule has 0 spiro atoms. The zero-order chi connectivity index (χ0) is 24.3. The van der Waals surface area contributed by atoms with Crippen molar-refractivity contribution < 1.29 is 19.3 Å². The van der Waals surface area contributed by atoms with Gasteiger partial charge in [-0.25, -0.2) is 0 Å². The number of amides is 1. The minimum Gasteiger partial charge on any atom is -0.433 e. The molecule has 7 nitrogen and oxygen atoms in total. The number of unbranched alkanes of at least 4 members (excludes halogenated alkanes) is 9. The molecule has 0 fully saturated rings. The summed E-state index contributed by atoms with van der Waals surface area (Å²) in [5, 5.41) is 21.0. The van der Waals surface area contributed by atoms with Crippen molar-refractivity contribution in [3.8, 4) is 0 Å².